The van der Waals surface area contributed by atoms with Crippen molar-refractivity contribution in [3.05, 3.63) is 77.2 Å². The van der Waals surface area contributed by atoms with Gasteiger partial charge in [0.05, 0.1) is 5.52 Å². The molecule has 1 N–H and O–H groups in total. The minimum atomic E-state index is -1.01. The fourth-order valence-electron chi connectivity index (χ4n) is 4.10. The van der Waals surface area contributed by atoms with Crippen molar-refractivity contribution in [3.8, 4) is 0 Å². The monoisotopic (exact) mass is 487 g/mol. The third-order valence-electron chi connectivity index (χ3n) is 6.48. The Morgan fingerprint density at radius 2 is 1.83 bits per heavy atom. The molecule has 0 radical (unpaired) electrons. The summed E-state index contributed by atoms with van der Waals surface area (Å²) in [5.74, 6) is 0.444. The van der Waals surface area contributed by atoms with Crippen LogP contribution in [0.2, 0.25) is 0 Å². The number of nitrogens with one attached hydrogen (secondary N) is 1. The smallest absolute Gasteiger partial charge is 0.251 e. The lowest BCUT2D eigenvalue weighted by Gasteiger charge is -2.34. The maximum absolute atomic E-state index is 14.1. The van der Waals surface area contributed by atoms with E-state index in [-0.39, 0.29) is 18.4 Å². The number of aryl methyl sites for hydroxylation is 3. The zero-order chi connectivity index (χ0) is 26.0. The van der Waals surface area contributed by atoms with Crippen molar-refractivity contribution in [1.82, 2.24) is 20.3 Å². The molecule has 1 atom stereocenters. The van der Waals surface area contributed by atoms with Crippen molar-refractivity contribution >= 4 is 28.5 Å². The molecule has 0 aliphatic heterocycles. The summed E-state index contributed by atoms with van der Waals surface area (Å²) in [6.07, 6.45) is 0.727. The second-order valence-electron chi connectivity index (χ2n) is 9.87. The van der Waals surface area contributed by atoms with Gasteiger partial charge in [0.2, 0.25) is 5.91 Å². The number of benzene rings is 2. The van der Waals surface area contributed by atoms with Crippen LogP contribution in [0.15, 0.2) is 59.0 Å². The minimum Gasteiger partial charge on any atom is -0.464 e. The molecule has 2 aromatic heterocycles. The molecule has 4 aromatic rings. The number of fused-ring (bicyclic) bond motifs is 1. The first-order valence-corrected chi connectivity index (χ1v) is 12.2. The number of aromatic nitrogens is 3. The lowest BCUT2D eigenvalue weighted by molar-refractivity contribution is -0.128. The third kappa shape index (κ3) is 5.17. The van der Waals surface area contributed by atoms with Crippen LogP contribution in [0.4, 0.5) is 5.69 Å². The molecule has 0 aliphatic rings. The van der Waals surface area contributed by atoms with Gasteiger partial charge in [-0.05, 0) is 82.5 Å². The van der Waals surface area contributed by atoms with E-state index in [0.29, 0.717) is 22.7 Å². The zero-order valence-electron chi connectivity index (χ0n) is 21.7. The van der Waals surface area contributed by atoms with Gasteiger partial charge in [-0.1, -0.05) is 36.4 Å². The molecule has 0 saturated heterocycles. The summed E-state index contributed by atoms with van der Waals surface area (Å²) in [6.45, 7) is 11.5. The van der Waals surface area contributed by atoms with E-state index < -0.39 is 11.6 Å². The van der Waals surface area contributed by atoms with Gasteiger partial charge in [0, 0.05) is 11.2 Å². The summed E-state index contributed by atoms with van der Waals surface area (Å²) >= 11 is 0. The molecule has 188 valence electrons. The fourth-order valence-corrected chi connectivity index (χ4v) is 4.10. The summed E-state index contributed by atoms with van der Waals surface area (Å²) in [4.78, 5) is 29.5. The average molecular weight is 488 g/mol. The van der Waals surface area contributed by atoms with Crippen LogP contribution in [0.1, 0.15) is 55.9 Å². The van der Waals surface area contributed by atoms with E-state index in [9.17, 15) is 9.59 Å². The fraction of sp³-hybridized carbons (Fsp3) is 0.357. The van der Waals surface area contributed by atoms with Crippen LogP contribution < -0.4 is 10.2 Å². The van der Waals surface area contributed by atoms with Gasteiger partial charge >= 0.3 is 0 Å². The topological polar surface area (TPSA) is 93.3 Å². The highest BCUT2D eigenvalue weighted by Gasteiger charge is 2.38. The number of nitrogens with zero attached hydrogens (tertiary/aromatic N) is 4. The largest absolute Gasteiger partial charge is 0.464 e. The third-order valence-corrected chi connectivity index (χ3v) is 6.48. The number of rotatable bonds is 8. The van der Waals surface area contributed by atoms with Gasteiger partial charge in [0.15, 0.2) is 6.04 Å². The number of para-hydroxylation sites is 1. The second-order valence-corrected chi connectivity index (χ2v) is 9.87. The van der Waals surface area contributed by atoms with E-state index in [4.69, 9.17) is 4.42 Å². The highest BCUT2D eigenvalue weighted by molar-refractivity contribution is 6.02. The molecule has 2 heterocycles. The molecule has 0 bridgehead atoms. The molecule has 2 aromatic carbocycles. The van der Waals surface area contributed by atoms with Crippen molar-refractivity contribution < 1.29 is 14.0 Å². The number of amides is 2. The van der Waals surface area contributed by atoms with Crippen LogP contribution in [0.3, 0.4) is 0 Å². The standard InChI is InChI=1S/C28H33N5O3/c1-7-28(5,6)29-27(35)26(24-15-14-20(4)36-24)33(23-16-18(2)12-13-19(23)3)25(34)17-32-22-11-9-8-10-21(22)30-31-32/h8-16,26H,7,17H2,1-6H3,(H,29,35). The molecular weight excluding hydrogens is 454 g/mol. The Hall–Kier alpha value is -3.94. The van der Waals surface area contributed by atoms with Gasteiger partial charge in [-0.3, -0.25) is 14.5 Å². The van der Waals surface area contributed by atoms with Crippen molar-refractivity contribution in [2.24, 2.45) is 0 Å². The van der Waals surface area contributed by atoms with Crippen LogP contribution in [-0.2, 0) is 16.1 Å². The van der Waals surface area contributed by atoms with E-state index in [2.05, 4.69) is 15.6 Å². The van der Waals surface area contributed by atoms with Gasteiger partial charge < -0.3 is 9.73 Å². The van der Waals surface area contributed by atoms with Crippen LogP contribution >= 0.6 is 0 Å². The summed E-state index contributed by atoms with van der Waals surface area (Å²) in [5.41, 5.74) is 3.47. The summed E-state index contributed by atoms with van der Waals surface area (Å²) in [6, 6.07) is 15.9. The number of hydrogen-bond donors (Lipinski definition) is 1. The van der Waals surface area contributed by atoms with Gasteiger partial charge in [-0.2, -0.15) is 0 Å². The van der Waals surface area contributed by atoms with Gasteiger partial charge in [-0.25, -0.2) is 4.68 Å². The molecule has 0 aliphatic carbocycles. The molecule has 2 amide bonds. The van der Waals surface area contributed by atoms with E-state index in [1.165, 1.54) is 4.90 Å². The minimum absolute atomic E-state index is 0.0888. The summed E-state index contributed by atoms with van der Waals surface area (Å²) in [7, 11) is 0. The van der Waals surface area contributed by atoms with E-state index >= 15 is 0 Å². The van der Waals surface area contributed by atoms with Gasteiger partial charge in [0.25, 0.3) is 5.91 Å². The maximum Gasteiger partial charge on any atom is 0.251 e. The predicted molar refractivity (Wildman–Crippen MR) is 140 cm³/mol. The molecule has 8 nitrogen and oxygen atoms in total. The Bertz CT molecular complexity index is 1400. The normalized spacial score (nSPS) is 12.5. The van der Waals surface area contributed by atoms with Crippen LogP contribution in [-0.4, -0.2) is 32.3 Å². The van der Waals surface area contributed by atoms with Gasteiger partial charge in [0.1, 0.15) is 23.6 Å². The van der Waals surface area contributed by atoms with Crippen LogP contribution in [0.5, 0.6) is 0 Å². The van der Waals surface area contributed by atoms with E-state index in [0.717, 1.165) is 23.1 Å². The quantitative estimate of drug-likeness (QED) is 0.376. The zero-order valence-corrected chi connectivity index (χ0v) is 21.7. The van der Waals surface area contributed by atoms with Crippen molar-refractivity contribution in [3.63, 3.8) is 0 Å². The maximum atomic E-state index is 14.1. The average Bonchev–Trinajstić information content (AvgIpc) is 3.45. The molecule has 36 heavy (non-hydrogen) atoms. The SMILES string of the molecule is CCC(C)(C)NC(=O)C(c1ccc(C)o1)N(C(=O)Cn1nnc2ccccc21)c1cc(C)ccc1C. The number of carbonyl (C=O) groups is 2. The Balaban J connectivity index is 1.84. The van der Waals surface area contributed by atoms with E-state index in [1.54, 1.807) is 16.8 Å². The molecule has 0 fully saturated rings. The summed E-state index contributed by atoms with van der Waals surface area (Å²) < 4.78 is 7.52. The number of hydrogen-bond acceptors (Lipinski definition) is 5. The van der Waals surface area contributed by atoms with E-state index in [1.807, 2.05) is 84.0 Å². The van der Waals surface area contributed by atoms with Crippen LogP contribution in [0, 0.1) is 20.8 Å². The highest BCUT2D eigenvalue weighted by Crippen LogP contribution is 2.33. The predicted octanol–water partition coefficient (Wildman–Crippen LogP) is 5.03. The molecular formula is C28H33N5O3. The van der Waals surface area contributed by atoms with Crippen molar-refractivity contribution in [2.75, 3.05) is 4.90 Å². The Kier molecular flexibility index (Phi) is 6.97. The lowest BCUT2D eigenvalue weighted by atomic mass is 10.00. The molecule has 4 rings (SSSR count). The number of carbonyl (C=O) groups excluding carboxylic acids is 2. The number of anilines is 1. The van der Waals surface area contributed by atoms with Gasteiger partial charge in [-0.15, -0.1) is 5.10 Å². The first kappa shape index (κ1) is 25.2. The Morgan fingerprint density at radius 1 is 1.08 bits per heavy atom. The van der Waals surface area contributed by atoms with Crippen LogP contribution in [0.25, 0.3) is 11.0 Å². The van der Waals surface area contributed by atoms with Crippen molar-refractivity contribution in [2.45, 2.75) is 66.1 Å². The molecule has 1 unspecified atom stereocenters. The molecule has 0 spiro atoms. The number of furan rings is 1. The molecule has 8 heteroatoms. The first-order valence-electron chi connectivity index (χ1n) is 12.2. The Labute approximate surface area is 211 Å². The Morgan fingerprint density at radius 3 is 2.53 bits per heavy atom. The summed E-state index contributed by atoms with van der Waals surface area (Å²) in [5, 5.41) is 11.5. The molecule has 0 saturated carbocycles. The first-order chi connectivity index (χ1) is 17.1. The highest BCUT2D eigenvalue weighted by atomic mass is 16.3. The van der Waals surface area contributed by atoms with Crippen molar-refractivity contribution in [1.29, 1.82) is 0 Å². The lowest BCUT2D eigenvalue weighted by Crippen LogP contribution is -2.51. The second kappa shape index (κ2) is 9.97.